The van der Waals surface area contributed by atoms with Crippen molar-refractivity contribution in [2.24, 2.45) is 0 Å². The van der Waals surface area contributed by atoms with Gasteiger partial charge in [0, 0.05) is 63.9 Å². The standard InChI is InChI=1S/C52H30N4S/c1-3-15-31(16-4-1)40-29-41(38-25-13-24-37-34-20-10-12-28-46(34)57-51(37)38)54-52(53-40)56-42-26-11-9-22-39(42)48-44(56)30-45-50-47-35(33-19-7-8-21-36(33)49(48)50)23-14-27-43(47)55(45)32-17-5-2-6-18-32/h1-30H. The minimum Gasteiger partial charge on any atom is -0.309 e. The maximum Gasteiger partial charge on any atom is 0.235 e. The first kappa shape index (κ1) is 30.9. The van der Waals surface area contributed by atoms with Crippen LogP contribution in [-0.4, -0.2) is 19.1 Å². The SMILES string of the molecule is c1ccc(-c2cc(-c3cccc4c3sc3ccccc34)nc(-n3c4ccccc4c4c5c6ccccc6c6cccc7c6c5c(cc43)n7-c3ccccc3)n2)cc1. The maximum atomic E-state index is 5.56. The van der Waals surface area contributed by atoms with Crippen molar-refractivity contribution in [3.63, 3.8) is 0 Å². The minimum absolute atomic E-state index is 0.648. The van der Waals surface area contributed by atoms with E-state index in [0.29, 0.717) is 5.95 Å². The van der Waals surface area contributed by atoms with Crippen LogP contribution in [0.25, 0.3) is 119 Å². The van der Waals surface area contributed by atoms with Crippen molar-refractivity contribution >= 4 is 96.7 Å². The van der Waals surface area contributed by atoms with Crippen molar-refractivity contribution < 1.29 is 0 Å². The lowest BCUT2D eigenvalue weighted by Gasteiger charge is -2.13. The third-order valence-corrected chi connectivity index (χ3v) is 13.1. The number of thiophene rings is 1. The predicted octanol–water partition coefficient (Wildman–Crippen LogP) is 14.1. The molecular weight excluding hydrogens is 713 g/mol. The number of hydrogen-bond acceptors (Lipinski definition) is 3. The van der Waals surface area contributed by atoms with Crippen molar-refractivity contribution in [2.75, 3.05) is 0 Å². The smallest absolute Gasteiger partial charge is 0.235 e. The van der Waals surface area contributed by atoms with Crippen LogP contribution < -0.4 is 0 Å². The maximum absolute atomic E-state index is 5.56. The van der Waals surface area contributed by atoms with Gasteiger partial charge in [-0.1, -0.05) is 140 Å². The summed E-state index contributed by atoms with van der Waals surface area (Å²) in [5.74, 6) is 0.648. The van der Waals surface area contributed by atoms with Crippen LogP contribution in [0.1, 0.15) is 0 Å². The Morgan fingerprint density at radius 2 is 0.965 bits per heavy atom. The normalized spacial score (nSPS) is 12.2. The Bertz CT molecular complexity index is 3740. The molecule has 9 aromatic carbocycles. The minimum atomic E-state index is 0.648. The van der Waals surface area contributed by atoms with Gasteiger partial charge in [0.25, 0.3) is 0 Å². The molecule has 0 saturated heterocycles. The molecule has 4 heterocycles. The van der Waals surface area contributed by atoms with Gasteiger partial charge in [0.15, 0.2) is 0 Å². The fourth-order valence-electron chi connectivity index (χ4n) is 9.54. The summed E-state index contributed by atoms with van der Waals surface area (Å²) in [6, 6.07) is 65.6. The summed E-state index contributed by atoms with van der Waals surface area (Å²) in [4.78, 5) is 11.0. The van der Waals surface area contributed by atoms with Gasteiger partial charge >= 0.3 is 0 Å². The summed E-state index contributed by atoms with van der Waals surface area (Å²) in [7, 11) is 0. The molecule has 0 saturated carbocycles. The van der Waals surface area contributed by atoms with E-state index >= 15 is 0 Å². The second-order valence-electron chi connectivity index (χ2n) is 14.9. The molecule has 0 radical (unpaired) electrons. The molecule has 0 amide bonds. The molecule has 0 aliphatic rings. The zero-order valence-corrected chi connectivity index (χ0v) is 31.3. The van der Waals surface area contributed by atoms with Gasteiger partial charge in [-0.2, -0.15) is 0 Å². The molecule has 5 heteroatoms. The zero-order valence-electron chi connectivity index (χ0n) is 30.5. The van der Waals surface area contributed by atoms with Gasteiger partial charge in [0.1, 0.15) is 0 Å². The van der Waals surface area contributed by atoms with Crippen LogP contribution in [0.3, 0.4) is 0 Å². The predicted molar refractivity (Wildman–Crippen MR) is 241 cm³/mol. The average molecular weight is 743 g/mol. The largest absolute Gasteiger partial charge is 0.309 e. The Morgan fingerprint density at radius 1 is 0.368 bits per heavy atom. The zero-order chi connectivity index (χ0) is 37.2. The number of fused-ring (bicyclic) bond motifs is 10. The highest BCUT2D eigenvalue weighted by Gasteiger charge is 2.26. The summed E-state index contributed by atoms with van der Waals surface area (Å²) in [6.07, 6.45) is 0. The van der Waals surface area contributed by atoms with Gasteiger partial charge in [-0.15, -0.1) is 11.3 Å². The highest BCUT2D eigenvalue weighted by atomic mass is 32.1. The number of para-hydroxylation sites is 2. The lowest BCUT2D eigenvalue weighted by molar-refractivity contribution is 0.996. The van der Waals surface area contributed by atoms with E-state index in [2.05, 4.69) is 191 Å². The molecule has 13 rings (SSSR count). The molecule has 0 N–H and O–H groups in total. The highest BCUT2D eigenvalue weighted by molar-refractivity contribution is 7.26. The quantitative estimate of drug-likeness (QED) is 0.168. The summed E-state index contributed by atoms with van der Waals surface area (Å²) >= 11 is 1.83. The van der Waals surface area contributed by atoms with E-state index in [1.165, 1.54) is 74.3 Å². The molecule has 4 nitrogen and oxygen atoms in total. The molecule has 0 aliphatic heterocycles. The molecule has 57 heavy (non-hydrogen) atoms. The van der Waals surface area contributed by atoms with E-state index in [0.717, 1.165) is 39.2 Å². The molecule has 0 fully saturated rings. The lowest BCUT2D eigenvalue weighted by Crippen LogP contribution is -2.04. The Balaban J connectivity index is 1.22. The van der Waals surface area contributed by atoms with E-state index in [4.69, 9.17) is 9.97 Å². The second kappa shape index (κ2) is 11.6. The third-order valence-electron chi connectivity index (χ3n) is 11.9. The van der Waals surface area contributed by atoms with Crippen molar-refractivity contribution in [1.29, 1.82) is 0 Å². The van der Waals surface area contributed by atoms with Crippen molar-refractivity contribution in [2.45, 2.75) is 0 Å². The van der Waals surface area contributed by atoms with Crippen LogP contribution in [0.15, 0.2) is 182 Å². The van der Waals surface area contributed by atoms with Gasteiger partial charge in [0.2, 0.25) is 5.95 Å². The fraction of sp³-hybridized carbons (Fsp3) is 0. The van der Waals surface area contributed by atoms with Crippen molar-refractivity contribution in [3.8, 4) is 34.2 Å². The Hall–Kier alpha value is -7.34. The van der Waals surface area contributed by atoms with Gasteiger partial charge in [0.05, 0.1) is 33.5 Å². The van der Waals surface area contributed by atoms with E-state index in [9.17, 15) is 0 Å². The first-order valence-electron chi connectivity index (χ1n) is 19.3. The van der Waals surface area contributed by atoms with Crippen LogP contribution in [0.2, 0.25) is 0 Å². The number of hydrogen-bond donors (Lipinski definition) is 0. The van der Waals surface area contributed by atoms with Crippen molar-refractivity contribution in [3.05, 3.63) is 182 Å². The summed E-state index contributed by atoms with van der Waals surface area (Å²) in [5.41, 5.74) is 9.60. The second-order valence-corrected chi connectivity index (χ2v) is 15.9. The van der Waals surface area contributed by atoms with E-state index in [-0.39, 0.29) is 0 Å². The number of nitrogens with zero attached hydrogens (tertiary/aromatic N) is 4. The van der Waals surface area contributed by atoms with Crippen LogP contribution in [-0.2, 0) is 0 Å². The van der Waals surface area contributed by atoms with E-state index in [1.54, 1.807) is 0 Å². The van der Waals surface area contributed by atoms with Gasteiger partial charge in [-0.05, 0) is 58.6 Å². The van der Waals surface area contributed by atoms with Crippen LogP contribution >= 0.6 is 11.3 Å². The molecule has 13 aromatic rings. The Morgan fingerprint density at radius 3 is 1.82 bits per heavy atom. The lowest BCUT2D eigenvalue weighted by atomic mass is 9.92. The Labute approximate surface area is 330 Å². The topological polar surface area (TPSA) is 35.6 Å². The Kier molecular flexibility index (Phi) is 6.29. The number of benzene rings is 9. The molecule has 0 bridgehead atoms. The summed E-state index contributed by atoms with van der Waals surface area (Å²) < 4.78 is 7.26. The third kappa shape index (κ3) is 4.26. The first-order chi connectivity index (χ1) is 28.3. The molecule has 4 aromatic heterocycles. The fourth-order valence-corrected chi connectivity index (χ4v) is 10.8. The molecule has 0 aliphatic carbocycles. The van der Waals surface area contributed by atoms with Crippen molar-refractivity contribution in [1.82, 2.24) is 19.1 Å². The molecular formula is C52H30N4S. The molecule has 0 spiro atoms. The van der Waals surface area contributed by atoms with Gasteiger partial charge < -0.3 is 4.57 Å². The molecule has 0 unspecified atom stereocenters. The van der Waals surface area contributed by atoms with E-state index < -0.39 is 0 Å². The summed E-state index contributed by atoms with van der Waals surface area (Å²) in [6.45, 7) is 0. The van der Waals surface area contributed by atoms with Gasteiger partial charge in [-0.25, -0.2) is 9.97 Å². The monoisotopic (exact) mass is 742 g/mol. The molecule has 264 valence electrons. The number of aromatic nitrogens is 4. The van der Waals surface area contributed by atoms with Crippen LogP contribution in [0.5, 0.6) is 0 Å². The van der Waals surface area contributed by atoms with Crippen LogP contribution in [0, 0.1) is 0 Å². The van der Waals surface area contributed by atoms with Crippen LogP contribution in [0.4, 0.5) is 0 Å². The van der Waals surface area contributed by atoms with Gasteiger partial charge in [-0.3, -0.25) is 4.57 Å². The molecule has 0 atom stereocenters. The first-order valence-corrected chi connectivity index (χ1v) is 20.2. The number of rotatable bonds is 4. The highest BCUT2D eigenvalue weighted by Crippen LogP contribution is 2.49. The summed E-state index contributed by atoms with van der Waals surface area (Å²) in [5, 5.41) is 12.5. The van der Waals surface area contributed by atoms with E-state index in [1.807, 2.05) is 11.3 Å². The average Bonchev–Trinajstić information content (AvgIpc) is 3.94.